The Morgan fingerprint density at radius 3 is 2.62 bits per heavy atom. The van der Waals surface area contributed by atoms with Crippen LogP contribution in [0.1, 0.15) is 66.7 Å². The number of allylic oxidation sites excluding steroid dienone is 5. The van der Waals surface area contributed by atoms with Gasteiger partial charge in [0, 0.05) is 12.8 Å². The Morgan fingerprint density at radius 2 is 2.10 bits per heavy atom. The maximum atomic E-state index is 12.1. The van der Waals surface area contributed by atoms with Crippen molar-refractivity contribution in [2.45, 2.75) is 66.7 Å². The van der Waals surface area contributed by atoms with Crippen molar-refractivity contribution in [2.24, 2.45) is 17.3 Å². The van der Waals surface area contributed by atoms with Crippen LogP contribution in [-0.2, 0) is 4.79 Å². The highest BCUT2D eigenvalue weighted by atomic mass is 16.1. The Morgan fingerprint density at radius 1 is 1.43 bits per heavy atom. The highest BCUT2D eigenvalue weighted by Gasteiger charge is 2.41. The molecule has 1 heteroatoms. The van der Waals surface area contributed by atoms with Gasteiger partial charge in [-0.3, -0.25) is 4.79 Å². The molecular weight excluding hydrogens is 256 g/mol. The van der Waals surface area contributed by atoms with E-state index in [-0.39, 0.29) is 5.41 Å². The average Bonchev–Trinajstić information content (AvgIpc) is 2.73. The molecule has 0 saturated heterocycles. The molecule has 0 fully saturated rings. The van der Waals surface area contributed by atoms with Gasteiger partial charge in [0.05, 0.1) is 0 Å². The summed E-state index contributed by atoms with van der Waals surface area (Å²) in [5, 5.41) is 0. The Bertz CT molecular complexity index is 435. The third-order valence-corrected chi connectivity index (χ3v) is 4.99. The van der Waals surface area contributed by atoms with Crippen molar-refractivity contribution < 1.29 is 4.79 Å². The summed E-state index contributed by atoms with van der Waals surface area (Å²) in [4.78, 5) is 12.1. The summed E-state index contributed by atoms with van der Waals surface area (Å²) in [7, 11) is 0. The standard InChI is InChI=1S/C20H32O/c1-7-17-11-12-19(16(4)5)20(17,6)14-13-18(21)10-8-9-15(2)3/h7,9,11,16,19H,1,8,10,12-14H2,2-6H3/t19-,20+/m1/s1. The van der Waals surface area contributed by atoms with Crippen molar-refractivity contribution in [1.29, 1.82) is 0 Å². The van der Waals surface area contributed by atoms with Gasteiger partial charge in [0.1, 0.15) is 5.78 Å². The first-order chi connectivity index (χ1) is 9.81. The zero-order valence-electron chi connectivity index (χ0n) is 14.5. The number of hydrogen-bond acceptors (Lipinski definition) is 1. The van der Waals surface area contributed by atoms with Gasteiger partial charge in [0.2, 0.25) is 0 Å². The van der Waals surface area contributed by atoms with Crippen LogP contribution in [0, 0.1) is 17.3 Å². The van der Waals surface area contributed by atoms with Crippen molar-refractivity contribution in [2.75, 3.05) is 0 Å². The van der Waals surface area contributed by atoms with E-state index in [2.05, 4.69) is 53.3 Å². The van der Waals surface area contributed by atoms with Gasteiger partial charge in [0.25, 0.3) is 0 Å². The maximum absolute atomic E-state index is 12.1. The summed E-state index contributed by atoms with van der Waals surface area (Å²) in [6.07, 6.45) is 10.8. The molecular formula is C20H32O. The van der Waals surface area contributed by atoms with Crippen LogP contribution in [-0.4, -0.2) is 5.78 Å². The van der Waals surface area contributed by atoms with Crippen LogP contribution in [0.4, 0.5) is 0 Å². The second-order valence-corrected chi connectivity index (χ2v) is 7.23. The highest BCUT2D eigenvalue weighted by Crippen LogP contribution is 2.50. The summed E-state index contributed by atoms with van der Waals surface area (Å²) in [5.41, 5.74) is 2.77. The fourth-order valence-corrected chi connectivity index (χ4v) is 3.66. The van der Waals surface area contributed by atoms with E-state index in [4.69, 9.17) is 0 Å². The van der Waals surface area contributed by atoms with E-state index in [1.54, 1.807) is 0 Å². The van der Waals surface area contributed by atoms with E-state index in [0.717, 1.165) is 19.3 Å². The van der Waals surface area contributed by atoms with Crippen LogP contribution in [0.25, 0.3) is 0 Å². The Balaban J connectivity index is 2.61. The molecule has 1 aliphatic carbocycles. The molecule has 1 rings (SSSR count). The molecule has 21 heavy (non-hydrogen) atoms. The molecule has 0 N–H and O–H groups in total. The molecule has 0 heterocycles. The molecule has 1 nitrogen and oxygen atoms in total. The van der Waals surface area contributed by atoms with Crippen molar-refractivity contribution in [3.8, 4) is 0 Å². The molecule has 0 unspecified atom stereocenters. The topological polar surface area (TPSA) is 17.1 Å². The molecule has 0 spiro atoms. The van der Waals surface area contributed by atoms with E-state index in [0.29, 0.717) is 30.5 Å². The van der Waals surface area contributed by atoms with Crippen LogP contribution in [0.3, 0.4) is 0 Å². The monoisotopic (exact) mass is 288 g/mol. The number of rotatable bonds is 8. The smallest absolute Gasteiger partial charge is 0.133 e. The minimum atomic E-state index is 0.127. The summed E-state index contributed by atoms with van der Waals surface area (Å²) < 4.78 is 0. The number of Topliss-reactive ketones (excluding diaryl/α,β-unsaturated/α-hetero) is 1. The summed E-state index contributed by atoms with van der Waals surface area (Å²) >= 11 is 0. The molecule has 1 aliphatic rings. The first-order valence-corrected chi connectivity index (χ1v) is 8.29. The van der Waals surface area contributed by atoms with Gasteiger partial charge >= 0.3 is 0 Å². The van der Waals surface area contributed by atoms with Gasteiger partial charge in [-0.05, 0) is 55.9 Å². The van der Waals surface area contributed by atoms with E-state index < -0.39 is 0 Å². The molecule has 0 aromatic heterocycles. The van der Waals surface area contributed by atoms with Gasteiger partial charge in [-0.25, -0.2) is 0 Å². The van der Waals surface area contributed by atoms with Crippen LogP contribution in [0.2, 0.25) is 0 Å². The summed E-state index contributed by atoms with van der Waals surface area (Å²) in [6.45, 7) is 15.0. The van der Waals surface area contributed by atoms with Crippen LogP contribution in [0.15, 0.2) is 36.0 Å². The fraction of sp³-hybridized carbons (Fsp3) is 0.650. The first-order valence-electron chi connectivity index (χ1n) is 8.29. The quantitative estimate of drug-likeness (QED) is 0.510. The normalized spacial score (nSPS) is 24.9. The van der Waals surface area contributed by atoms with Crippen LogP contribution < -0.4 is 0 Å². The molecule has 0 amide bonds. The van der Waals surface area contributed by atoms with Crippen molar-refractivity contribution in [3.05, 3.63) is 36.0 Å². The van der Waals surface area contributed by atoms with Crippen molar-refractivity contribution in [1.82, 2.24) is 0 Å². The third kappa shape index (κ3) is 4.69. The van der Waals surface area contributed by atoms with E-state index >= 15 is 0 Å². The molecule has 0 bridgehead atoms. The van der Waals surface area contributed by atoms with Crippen LogP contribution >= 0.6 is 0 Å². The van der Waals surface area contributed by atoms with Gasteiger partial charge in [-0.2, -0.15) is 0 Å². The highest BCUT2D eigenvalue weighted by molar-refractivity contribution is 5.78. The summed E-state index contributed by atoms with van der Waals surface area (Å²) in [5.74, 6) is 1.67. The van der Waals surface area contributed by atoms with Crippen molar-refractivity contribution >= 4 is 5.78 Å². The zero-order chi connectivity index (χ0) is 16.0. The lowest BCUT2D eigenvalue weighted by Crippen LogP contribution is -2.29. The summed E-state index contributed by atoms with van der Waals surface area (Å²) in [6, 6.07) is 0. The first kappa shape index (κ1) is 17.9. The molecule has 0 aromatic rings. The predicted octanol–water partition coefficient (Wildman–Crippen LogP) is 5.88. The largest absolute Gasteiger partial charge is 0.300 e. The molecule has 2 atom stereocenters. The van der Waals surface area contributed by atoms with Gasteiger partial charge < -0.3 is 0 Å². The van der Waals surface area contributed by atoms with E-state index in [1.165, 1.54) is 11.1 Å². The molecule has 0 aliphatic heterocycles. The number of carbonyl (C=O) groups is 1. The van der Waals surface area contributed by atoms with Crippen molar-refractivity contribution in [3.63, 3.8) is 0 Å². The van der Waals surface area contributed by atoms with Gasteiger partial charge in [-0.1, -0.05) is 51.2 Å². The number of ketones is 1. The molecule has 0 radical (unpaired) electrons. The zero-order valence-corrected chi connectivity index (χ0v) is 14.5. The minimum Gasteiger partial charge on any atom is -0.300 e. The average molecular weight is 288 g/mol. The lowest BCUT2D eigenvalue weighted by Gasteiger charge is -2.36. The van der Waals surface area contributed by atoms with Gasteiger partial charge in [-0.15, -0.1) is 0 Å². The Kier molecular flexibility index (Phi) is 6.64. The maximum Gasteiger partial charge on any atom is 0.133 e. The lowest BCUT2D eigenvalue weighted by atomic mass is 9.67. The minimum absolute atomic E-state index is 0.127. The number of hydrogen-bond donors (Lipinski definition) is 0. The molecule has 118 valence electrons. The second-order valence-electron chi connectivity index (χ2n) is 7.23. The Hall–Kier alpha value is -1.11. The Labute approximate surface area is 131 Å². The molecule has 0 saturated carbocycles. The lowest BCUT2D eigenvalue weighted by molar-refractivity contribution is -0.119. The molecule has 0 aromatic carbocycles. The predicted molar refractivity (Wildman–Crippen MR) is 92.2 cm³/mol. The third-order valence-electron chi connectivity index (χ3n) is 4.99. The van der Waals surface area contributed by atoms with Crippen LogP contribution in [0.5, 0.6) is 0 Å². The second kappa shape index (κ2) is 7.77. The van der Waals surface area contributed by atoms with Gasteiger partial charge in [0.15, 0.2) is 0 Å². The van der Waals surface area contributed by atoms with E-state index in [1.807, 2.05) is 6.08 Å². The number of carbonyl (C=O) groups excluding carboxylic acids is 1. The fourth-order valence-electron chi connectivity index (χ4n) is 3.66. The SMILES string of the molecule is C=CC1=CC[C@H](C(C)C)[C@@]1(C)CCC(=O)CCC=C(C)C. The van der Waals surface area contributed by atoms with E-state index in [9.17, 15) is 4.79 Å².